The summed E-state index contributed by atoms with van der Waals surface area (Å²) in [4.78, 5) is 23.1. The molecule has 6 nitrogen and oxygen atoms in total. The van der Waals surface area contributed by atoms with Gasteiger partial charge in [-0.2, -0.15) is 0 Å². The van der Waals surface area contributed by atoms with Crippen molar-refractivity contribution in [2.45, 2.75) is 38.1 Å². The zero-order valence-electron chi connectivity index (χ0n) is 11.1. The Morgan fingerprint density at radius 2 is 1.95 bits per heavy atom. The first-order valence-electron chi connectivity index (χ1n) is 6.94. The maximum atomic E-state index is 11.7. The van der Waals surface area contributed by atoms with Gasteiger partial charge in [0.05, 0.1) is 5.41 Å². The fraction of sp³-hybridized carbons (Fsp3) is 0.846. The Morgan fingerprint density at radius 3 is 2.53 bits per heavy atom. The molecule has 1 aliphatic heterocycles. The number of rotatable bonds is 7. The van der Waals surface area contributed by atoms with Crippen LogP contribution >= 0.6 is 0 Å². The summed E-state index contributed by atoms with van der Waals surface area (Å²) in [6.45, 7) is 1.77. The molecule has 0 spiro atoms. The van der Waals surface area contributed by atoms with E-state index in [-0.39, 0.29) is 12.5 Å². The molecule has 2 rings (SSSR count). The fourth-order valence-corrected chi connectivity index (χ4v) is 2.26. The lowest BCUT2D eigenvalue weighted by molar-refractivity contribution is -0.154. The Balaban J connectivity index is 1.71. The number of carboxylic acids is 1. The number of aliphatic carboxylic acids is 1. The molecule has 0 bridgehead atoms. The number of carbonyl (C=O) groups excluding carboxylic acids is 1. The Bertz CT molecular complexity index is 336. The lowest BCUT2D eigenvalue weighted by Crippen LogP contribution is -2.46. The highest BCUT2D eigenvalue weighted by Crippen LogP contribution is 2.30. The van der Waals surface area contributed by atoms with Crippen LogP contribution in [0.2, 0.25) is 0 Å². The second kappa shape index (κ2) is 6.34. The predicted octanol–water partition coefficient (Wildman–Crippen LogP) is 0.126. The highest BCUT2D eigenvalue weighted by molar-refractivity contribution is 5.79. The smallest absolute Gasteiger partial charge is 0.311 e. The molecule has 0 atom stereocenters. The van der Waals surface area contributed by atoms with Crippen molar-refractivity contribution in [2.75, 3.05) is 26.3 Å². The lowest BCUT2D eigenvalue weighted by Gasteiger charge is -2.33. The van der Waals surface area contributed by atoms with Crippen molar-refractivity contribution in [3.8, 4) is 0 Å². The molecule has 2 fully saturated rings. The molecular formula is C13H22N2O4. The van der Waals surface area contributed by atoms with Crippen LogP contribution in [0.25, 0.3) is 0 Å². The van der Waals surface area contributed by atoms with Crippen LogP contribution < -0.4 is 10.6 Å². The molecular weight excluding hydrogens is 248 g/mol. The van der Waals surface area contributed by atoms with Gasteiger partial charge in [-0.05, 0) is 25.7 Å². The predicted molar refractivity (Wildman–Crippen MR) is 68.8 cm³/mol. The zero-order valence-corrected chi connectivity index (χ0v) is 11.1. The van der Waals surface area contributed by atoms with E-state index < -0.39 is 11.4 Å². The summed E-state index contributed by atoms with van der Waals surface area (Å²) in [7, 11) is 0. The van der Waals surface area contributed by atoms with Crippen molar-refractivity contribution in [1.29, 1.82) is 0 Å². The fourth-order valence-electron chi connectivity index (χ4n) is 2.26. The molecule has 19 heavy (non-hydrogen) atoms. The third-order valence-electron chi connectivity index (χ3n) is 3.89. The van der Waals surface area contributed by atoms with Gasteiger partial charge in [0.15, 0.2) is 0 Å². The van der Waals surface area contributed by atoms with Crippen LogP contribution in [0.5, 0.6) is 0 Å². The monoisotopic (exact) mass is 270 g/mol. The van der Waals surface area contributed by atoms with Gasteiger partial charge in [0.2, 0.25) is 5.91 Å². The number of hydrogen-bond donors (Lipinski definition) is 3. The highest BCUT2D eigenvalue weighted by Gasteiger charge is 2.40. The summed E-state index contributed by atoms with van der Waals surface area (Å²) < 4.78 is 5.19. The standard InChI is InChI=1S/C13H22N2O4/c16-11(3-6-14-10-1-2-10)15-9-13(12(17)18)4-7-19-8-5-13/h10,14H,1-9H2,(H,15,16)(H,17,18). The van der Waals surface area contributed by atoms with Crippen molar-refractivity contribution < 1.29 is 19.4 Å². The van der Waals surface area contributed by atoms with Gasteiger partial charge in [-0.3, -0.25) is 9.59 Å². The molecule has 0 aromatic heterocycles. The van der Waals surface area contributed by atoms with E-state index in [4.69, 9.17) is 4.74 Å². The second-order valence-electron chi connectivity index (χ2n) is 5.45. The summed E-state index contributed by atoms with van der Waals surface area (Å²) in [5.74, 6) is -0.924. The first-order valence-corrected chi connectivity index (χ1v) is 6.94. The van der Waals surface area contributed by atoms with Crippen molar-refractivity contribution >= 4 is 11.9 Å². The third-order valence-corrected chi connectivity index (χ3v) is 3.89. The van der Waals surface area contributed by atoms with Crippen LogP contribution in [-0.2, 0) is 14.3 Å². The zero-order chi connectivity index (χ0) is 13.7. The number of ether oxygens (including phenoxy) is 1. The van der Waals surface area contributed by atoms with Gasteiger partial charge in [0.1, 0.15) is 0 Å². The second-order valence-corrected chi connectivity index (χ2v) is 5.45. The number of nitrogens with one attached hydrogen (secondary N) is 2. The van der Waals surface area contributed by atoms with Crippen molar-refractivity contribution in [3.05, 3.63) is 0 Å². The third kappa shape index (κ3) is 4.18. The maximum absolute atomic E-state index is 11.7. The van der Waals surface area contributed by atoms with E-state index in [1.807, 2.05) is 0 Å². The summed E-state index contributed by atoms with van der Waals surface area (Å²) in [6, 6.07) is 0.591. The number of hydrogen-bond acceptors (Lipinski definition) is 4. The van der Waals surface area contributed by atoms with Gasteiger partial charge in [0.25, 0.3) is 0 Å². The molecule has 0 radical (unpaired) electrons. The van der Waals surface area contributed by atoms with Gasteiger partial charge in [-0.1, -0.05) is 0 Å². The van der Waals surface area contributed by atoms with E-state index in [1.165, 1.54) is 12.8 Å². The Labute approximate surface area is 112 Å². The molecule has 3 N–H and O–H groups in total. The molecule has 1 aliphatic carbocycles. The van der Waals surface area contributed by atoms with Crippen LogP contribution in [0.3, 0.4) is 0 Å². The number of amides is 1. The largest absolute Gasteiger partial charge is 0.481 e. The number of carbonyl (C=O) groups is 2. The molecule has 1 saturated carbocycles. The molecule has 1 heterocycles. The summed E-state index contributed by atoms with van der Waals surface area (Å²) in [5.41, 5.74) is -0.849. The normalized spacial score (nSPS) is 21.9. The van der Waals surface area contributed by atoms with Crippen LogP contribution in [-0.4, -0.2) is 49.3 Å². The average Bonchev–Trinajstić information content (AvgIpc) is 3.21. The minimum absolute atomic E-state index is 0.0831. The van der Waals surface area contributed by atoms with E-state index in [0.717, 1.165) is 0 Å². The SMILES string of the molecule is O=C(CCNC1CC1)NCC1(C(=O)O)CCOCC1. The van der Waals surface area contributed by atoms with Crippen LogP contribution in [0.1, 0.15) is 32.1 Å². The average molecular weight is 270 g/mol. The molecule has 0 aromatic rings. The Morgan fingerprint density at radius 1 is 1.26 bits per heavy atom. The molecule has 6 heteroatoms. The highest BCUT2D eigenvalue weighted by atomic mass is 16.5. The first kappa shape index (κ1) is 14.3. The quantitative estimate of drug-likeness (QED) is 0.612. The molecule has 0 unspecified atom stereocenters. The van der Waals surface area contributed by atoms with Gasteiger partial charge in [-0.25, -0.2) is 0 Å². The van der Waals surface area contributed by atoms with Gasteiger partial charge in [-0.15, -0.1) is 0 Å². The van der Waals surface area contributed by atoms with Crippen molar-refractivity contribution in [1.82, 2.24) is 10.6 Å². The summed E-state index contributed by atoms with van der Waals surface area (Å²) in [5, 5.41) is 15.4. The van der Waals surface area contributed by atoms with Gasteiger partial charge < -0.3 is 20.5 Å². The summed E-state index contributed by atoms with van der Waals surface area (Å²) >= 11 is 0. The van der Waals surface area contributed by atoms with Crippen molar-refractivity contribution in [2.24, 2.45) is 5.41 Å². The summed E-state index contributed by atoms with van der Waals surface area (Å²) in [6.07, 6.45) is 3.72. The van der Waals surface area contributed by atoms with Gasteiger partial charge >= 0.3 is 5.97 Å². The van der Waals surface area contributed by atoms with Crippen molar-refractivity contribution in [3.63, 3.8) is 0 Å². The maximum Gasteiger partial charge on any atom is 0.311 e. The van der Waals surface area contributed by atoms with Crippen LogP contribution in [0, 0.1) is 5.41 Å². The molecule has 2 aliphatic rings. The molecule has 108 valence electrons. The van der Waals surface area contributed by atoms with E-state index >= 15 is 0 Å². The van der Waals surface area contributed by atoms with Crippen LogP contribution in [0.15, 0.2) is 0 Å². The van der Waals surface area contributed by atoms with E-state index in [0.29, 0.717) is 45.1 Å². The van der Waals surface area contributed by atoms with E-state index in [2.05, 4.69) is 10.6 Å². The molecule has 0 aromatic carbocycles. The molecule has 1 amide bonds. The van der Waals surface area contributed by atoms with E-state index in [9.17, 15) is 14.7 Å². The first-order chi connectivity index (χ1) is 9.12. The van der Waals surface area contributed by atoms with Gasteiger partial charge in [0, 0.05) is 38.8 Å². The Kier molecular flexibility index (Phi) is 4.76. The lowest BCUT2D eigenvalue weighted by atomic mass is 9.80. The van der Waals surface area contributed by atoms with Crippen LogP contribution in [0.4, 0.5) is 0 Å². The minimum Gasteiger partial charge on any atom is -0.481 e. The Hall–Kier alpha value is -1.14. The minimum atomic E-state index is -0.849. The van der Waals surface area contributed by atoms with E-state index in [1.54, 1.807) is 0 Å². The molecule has 1 saturated heterocycles. The number of carboxylic acid groups (broad SMARTS) is 1. The topological polar surface area (TPSA) is 87.7 Å².